The Morgan fingerprint density at radius 2 is 2.00 bits per heavy atom. The van der Waals surface area contributed by atoms with Gasteiger partial charge in [0.15, 0.2) is 0 Å². The number of benzene rings is 1. The zero-order valence-corrected chi connectivity index (χ0v) is 18.2. The van der Waals surface area contributed by atoms with Crippen LogP contribution in [0.3, 0.4) is 0 Å². The molecule has 5 heteroatoms. The molecular weight excluding hydrogens is 380 g/mol. The Kier molecular flexibility index (Phi) is 8.76. The van der Waals surface area contributed by atoms with E-state index in [4.69, 9.17) is 14.2 Å². The molecule has 1 saturated carbocycles. The van der Waals surface area contributed by atoms with Crippen molar-refractivity contribution in [2.45, 2.75) is 83.2 Å². The number of allylic oxidation sites excluding steroid dienone is 1. The van der Waals surface area contributed by atoms with Crippen molar-refractivity contribution >= 4 is 5.97 Å². The van der Waals surface area contributed by atoms with E-state index in [9.17, 15) is 9.90 Å². The molecule has 1 aromatic rings. The van der Waals surface area contributed by atoms with Crippen LogP contribution in [0.25, 0.3) is 0 Å². The number of esters is 1. The molecule has 5 atom stereocenters. The Balaban J connectivity index is 1.43. The minimum atomic E-state index is -0.615. The van der Waals surface area contributed by atoms with Gasteiger partial charge in [0.25, 0.3) is 0 Å². The van der Waals surface area contributed by atoms with E-state index in [-0.39, 0.29) is 30.9 Å². The van der Waals surface area contributed by atoms with Gasteiger partial charge >= 0.3 is 5.97 Å². The fraction of sp³-hybridized carbons (Fsp3) is 0.640. The maximum absolute atomic E-state index is 11.8. The highest BCUT2D eigenvalue weighted by atomic mass is 16.5. The summed E-state index contributed by atoms with van der Waals surface area (Å²) in [4.78, 5) is 11.8. The van der Waals surface area contributed by atoms with Crippen LogP contribution in [0.2, 0.25) is 0 Å². The average molecular weight is 417 g/mol. The number of aliphatic hydroxyl groups excluding tert-OH is 1. The largest absolute Gasteiger partial charge is 0.491 e. The number of fused-ring (bicyclic) bond motifs is 1. The van der Waals surface area contributed by atoms with Crippen LogP contribution in [0.1, 0.15) is 58.8 Å². The second-order valence-corrected chi connectivity index (χ2v) is 8.79. The van der Waals surface area contributed by atoms with Crippen molar-refractivity contribution < 1.29 is 24.1 Å². The monoisotopic (exact) mass is 416 g/mol. The van der Waals surface area contributed by atoms with Crippen molar-refractivity contribution in [2.24, 2.45) is 11.8 Å². The predicted molar refractivity (Wildman–Crippen MR) is 116 cm³/mol. The van der Waals surface area contributed by atoms with Crippen molar-refractivity contribution in [1.29, 1.82) is 0 Å². The Morgan fingerprint density at radius 3 is 2.77 bits per heavy atom. The molecule has 0 amide bonds. The van der Waals surface area contributed by atoms with Crippen molar-refractivity contribution in [2.75, 3.05) is 6.61 Å². The number of para-hydroxylation sites is 1. The average Bonchev–Trinajstić information content (AvgIpc) is 2.98. The molecule has 0 radical (unpaired) electrons. The van der Waals surface area contributed by atoms with E-state index in [0.29, 0.717) is 18.3 Å². The van der Waals surface area contributed by atoms with Crippen molar-refractivity contribution in [1.82, 2.24) is 0 Å². The smallest absolute Gasteiger partial charge is 0.306 e. The summed E-state index contributed by atoms with van der Waals surface area (Å²) in [6.45, 7) is 4.01. The summed E-state index contributed by atoms with van der Waals surface area (Å²) in [7, 11) is 0. The molecule has 1 heterocycles. The SMILES string of the molecule is CC(C)OC(=O)CC[C@@H]1CCC[C@H]2[C@H](CC[C@@H]2/C=C/[C@@H](O)COc2ccccc2)O1. The summed E-state index contributed by atoms with van der Waals surface area (Å²) in [6.07, 6.45) is 10.3. The lowest BCUT2D eigenvalue weighted by Gasteiger charge is -2.23. The molecular formula is C25H36O5. The third-order valence-electron chi connectivity index (χ3n) is 6.02. The Labute approximate surface area is 180 Å². The maximum atomic E-state index is 11.8. The Bertz CT molecular complexity index is 671. The van der Waals surface area contributed by atoms with Gasteiger partial charge in [-0.05, 0) is 69.9 Å². The second-order valence-electron chi connectivity index (χ2n) is 8.79. The summed E-state index contributed by atoms with van der Waals surface area (Å²) in [5, 5.41) is 10.3. The van der Waals surface area contributed by atoms with Crippen LogP contribution < -0.4 is 4.74 Å². The van der Waals surface area contributed by atoms with E-state index < -0.39 is 6.10 Å². The Hall–Kier alpha value is -1.85. The minimum Gasteiger partial charge on any atom is -0.491 e. The molecule has 0 spiro atoms. The summed E-state index contributed by atoms with van der Waals surface area (Å²) < 4.78 is 17.3. The zero-order chi connectivity index (χ0) is 21.3. The van der Waals surface area contributed by atoms with Crippen LogP contribution in [0.5, 0.6) is 5.75 Å². The van der Waals surface area contributed by atoms with E-state index in [1.54, 1.807) is 0 Å². The quantitative estimate of drug-likeness (QED) is 0.468. The topological polar surface area (TPSA) is 65.0 Å². The van der Waals surface area contributed by atoms with Gasteiger partial charge in [-0.1, -0.05) is 36.8 Å². The zero-order valence-electron chi connectivity index (χ0n) is 18.2. The first-order valence-electron chi connectivity index (χ1n) is 11.4. The number of hydrogen-bond acceptors (Lipinski definition) is 5. The molecule has 3 rings (SSSR count). The molecule has 2 aliphatic rings. The van der Waals surface area contributed by atoms with E-state index in [2.05, 4.69) is 6.08 Å². The van der Waals surface area contributed by atoms with Crippen LogP contribution in [0.4, 0.5) is 0 Å². The molecule has 166 valence electrons. The van der Waals surface area contributed by atoms with Crippen molar-refractivity contribution in [3.05, 3.63) is 42.5 Å². The minimum absolute atomic E-state index is 0.0623. The summed E-state index contributed by atoms with van der Waals surface area (Å²) in [6, 6.07) is 9.56. The first-order chi connectivity index (χ1) is 14.5. The number of aliphatic hydroxyl groups is 1. The van der Waals surface area contributed by atoms with Gasteiger partial charge in [-0.3, -0.25) is 4.79 Å². The highest BCUT2D eigenvalue weighted by Gasteiger charge is 2.38. The first kappa shape index (κ1) is 22.8. The van der Waals surface area contributed by atoms with E-state index in [1.807, 2.05) is 50.3 Å². The summed E-state index contributed by atoms with van der Waals surface area (Å²) >= 11 is 0. The second kappa shape index (κ2) is 11.5. The van der Waals surface area contributed by atoms with Crippen LogP contribution in [-0.4, -0.2) is 42.1 Å². The molecule has 1 aromatic carbocycles. The molecule has 5 nitrogen and oxygen atoms in total. The van der Waals surface area contributed by atoms with Gasteiger partial charge in [-0.25, -0.2) is 0 Å². The molecule has 1 aliphatic carbocycles. The fourth-order valence-electron chi connectivity index (χ4n) is 4.60. The number of ether oxygens (including phenoxy) is 3. The molecule has 0 bridgehead atoms. The van der Waals surface area contributed by atoms with Gasteiger partial charge in [0, 0.05) is 6.42 Å². The summed E-state index contributed by atoms with van der Waals surface area (Å²) in [5.41, 5.74) is 0. The third kappa shape index (κ3) is 7.13. The van der Waals surface area contributed by atoms with Gasteiger partial charge in [0.05, 0.1) is 18.3 Å². The van der Waals surface area contributed by atoms with Gasteiger partial charge in [0.2, 0.25) is 0 Å². The van der Waals surface area contributed by atoms with Gasteiger partial charge in [0.1, 0.15) is 18.5 Å². The first-order valence-corrected chi connectivity index (χ1v) is 11.4. The lowest BCUT2D eigenvalue weighted by Crippen LogP contribution is -2.25. The van der Waals surface area contributed by atoms with Gasteiger partial charge in [-0.15, -0.1) is 0 Å². The Morgan fingerprint density at radius 1 is 1.20 bits per heavy atom. The van der Waals surface area contributed by atoms with Gasteiger partial charge in [-0.2, -0.15) is 0 Å². The number of carbonyl (C=O) groups excluding carboxylic acids is 1. The van der Waals surface area contributed by atoms with Gasteiger partial charge < -0.3 is 19.3 Å². The molecule has 1 N–H and O–H groups in total. The standard InChI is InChI=1S/C25H36O5/c1-18(2)29-25(27)16-14-22-9-6-10-23-19(12-15-24(23)30-22)11-13-20(26)17-28-21-7-4-3-5-8-21/h3-5,7-8,11,13,18-20,22-24,26H,6,9-10,12,14-17H2,1-2H3/b13-11+/t19-,20+,22-,23+,24-/m0/s1. The van der Waals surface area contributed by atoms with Crippen LogP contribution >= 0.6 is 0 Å². The number of carbonyl (C=O) groups is 1. The van der Waals surface area contributed by atoms with Crippen molar-refractivity contribution in [3.8, 4) is 5.75 Å². The van der Waals surface area contributed by atoms with E-state index >= 15 is 0 Å². The van der Waals surface area contributed by atoms with Crippen LogP contribution in [-0.2, 0) is 14.3 Å². The van der Waals surface area contributed by atoms with Crippen LogP contribution in [0, 0.1) is 11.8 Å². The van der Waals surface area contributed by atoms with Crippen LogP contribution in [0.15, 0.2) is 42.5 Å². The fourth-order valence-corrected chi connectivity index (χ4v) is 4.60. The predicted octanol–water partition coefficient (Wildman–Crippen LogP) is 4.68. The number of hydrogen-bond donors (Lipinski definition) is 1. The van der Waals surface area contributed by atoms with E-state index in [0.717, 1.165) is 44.3 Å². The normalized spacial score (nSPS) is 27.6. The van der Waals surface area contributed by atoms with Crippen molar-refractivity contribution in [3.63, 3.8) is 0 Å². The highest BCUT2D eigenvalue weighted by molar-refractivity contribution is 5.69. The molecule has 2 fully saturated rings. The third-order valence-corrected chi connectivity index (χ3v) is 6.02. The molecule has 1 saturated heterocycles. The number of rotatable bonds is 9. The summed E-state index contributed by atoms with van der Waals surface area (Å²) in [5.74, 6) is 1.57. The maximum Gasteiger partial charge on any atom is 0.306 e. The highest BCUT2D eigenvalue weighted by Crippen LogP contribution is 2.41. The van der Waals surface area contributed by atoms with E-state index in [1.165, 1.54) is 0 Å². The lowest BCUT2D eigenvalue weighted by molar-refractivity contribution is -0.148. The molecule has 30 heavy (non-hydrogen) atoms. The molecule has 0 unspecified atom stereocenters. The lowest BCUT2D eigenvalue weighted by atomic mass is 9.89. The molecule has 1 aliphatic heterocycles. The molecule has 0 aromatic heterocycles.